The predicted octanol–water partition coefficient (Wildman–Crippen LogP) is 4.51. The number of nitrogens with one attached hydrogen (secondary N) is 2. The van der Waals surface area contributed by atoms with E-state index in [0.29, 0.717) is 22.4 Å². The predicted molar refractivity (Wildman–Crippen MR) is 91.8 cm³/mol. The molecule has 0 saturated heterocycles. The fraction of sp³-hybridized carbons (Fsp3) is 0.294. The van der Waals surface area contributed by atoms with Gasteiger partial charge in [-0.05, 0) is 50.1 Å². The van der Waals surface area contributed by atoms with Crippen LogP contribution in [0.2, 0.25) is 5.02 Å². The molecule has 1 aromatic carbocycles. The summed E-state index contributed by atoms with van der Waals surface area (Å²) < 4.78 is 0. The summed E-state index contributed by atoms with van der Waals surface area (Å²) in [6.45, 7) is 6.07. The molecule has 2 aromatic rings. The largest absolute Gasteiger partial charge is 0.382 e. The molecule has 0 aliphatic heterocycles. The van der Waals surface area contributed by atoms with Crippen molar-refractivity contribution < 1.29 is 4.79 Å². The molecule has 0 fully saturated rings. The highest BCUT2D eigenvalue weighted by molar-refractivity contribution is 6.31. The van der Waals surface area contributed by atoms with Crippen LogP contribution in [0.1, 0.15) is 36.3 Å². The number of benzene rings is 1. The molecule has 1 atom stereocenters. The number of amides is 1. The fourth-order valence-electron chi connectivity index (χ4n) is 1.96. The van der Waals surface area contributed by atoms with Crippen molar-refractivity contribution in [3.05, 3.63) is 52.8 Å². The number of carbonyl (C=O) groups excluding carboxylic acids is 1. The Morgan fingerprint density at radius 1 is 1.36 bits per heavy atom. The van der Waals surface area contributed by atoms with Gasteiger partial charge in [-0.25, -0.2) is 0 Å². The van der Waals surface area contributed by atoms with E-state index >= 15 is 0 Å². The standard InChI is InChI=1S/C17H20ClN3O/c1-4-11(2)20-13-8-9-19-16(10-13)17(22)21-15-7-5-6-14(18)12(15)3/h5-11H,4H2,1-3H3,(H,19,20)(H,21,22). The smallest absolute Gasteiger partial charge is 0.274 e. The Labute approximate surface area is 135 Å². The quantitative estimate of drug-likeness (QED) is 0.853. The third-order valence-electron chi connectivity index (χ3n) is 3.53. The number of halogens is 1. The Bertz CT molecular complexity index is 673. The fourth-order valence-corrected chi connectivity index (χ4v) is 2.13. The van der Waals surface area contributed by atoms with E-state index in [-0.39, 0.29) is 5.91 Å². The molecule has 4 nitrogen and oxygen atoms in total. The third-order valence-corrected chi connectivity index (χ3v) is 3.94. The molecule has 5 heteroatoms. The molecule has 116 valence electrons. The number of aromatic nitrogens is 1. The molecule has 0 saturated carbocycles. The maximum absolute atomic E-state index is 12.3. The van der Waals surface area contributed by atoms with Crippen molar-refractivity contribution in [3.63, 3.8) is 0 Å². The number of carbonyl (C=O) groups is 1. The molecular weight excluding hydrogens is 298 g/mol. The Hall–Kier alpha value is -2.07. The van der Waals surface area contributed by atoms with Gasteiger partial charge in [-0.15, -0.1) is 0 Å². The van der Waals surface area contributed by atoms with Crippen molar-refractivity contribution in [2.24, 2.45) is 0 Å². The molecule has 0 aliphatic rings. The van der Waals surface area contributed by atoms with Gasteiger partial charge < -0.3 is 10.6 Å². The summed E-state index contributed by atoms with van der Waals surface area (Å²) in [5.74, 6) is -0.252. The zero-order valence-electron chi connectivity index (χ0n) is 13.0. The van der Waals surface area contributed by atoms with E-state index in [4.69, 9.17) is 11.6 Å². The van der Waals surface area contributed by atoms with Gasteiger partial charge in [0.15, 0.2) is 0 Å². The number of rotatable bonds is 5. The molecule has 22 heavy (non-hydrogen) atoms. The molecule has 2 rings (SSSR count). The van der Waals surface area contributed by atoms with Gasteiger partial charge in [0.2, 0.25) is 0 Å². The second-order valence-electron chi connectivity index (χ2n) is 5.25. The van der Waals surface area contributed by atoms with Crippen molar-refractivity contribution in [1.29, 1.82) is 0 Å². The average molecular weight is 318 g/mol. The highest BCUT2D eigenvalue weighted by Gasteiger charge is 2.11. The topological polar surface area (TPSA) is 54.0 Å². The SMILES string of the molecule is CCC(C)Nc1ccnc(C(=O)Nc2cccc(Cl)c2C)c1. The normalized spacial score (nSPS) is 11.8. The van der Waals surface area contributed by atoms with Crippen LogP contribution >= 0.6 is 11.6 Å². The summed E-state index contributed by atoms with van der Waals surface area (Å²) in [5.41, 5.74) is 2.79. The molecule has 0 spiro atoms. The van der Waals surface area contributed by atoms with E-state index in [1.807, 2.05) is 19.1 Å². The maximum atomic E-state index is 12.3. The molecule has 0 radical (unpaired) electrons. The Kier molecular flexibility index (Phi) is 5.39. The minimum Gasteiger partial charge on any atom is -0.382 e. The third kappa shape index (κ3) is 3.98. The van der Waals surface area contributed by atoms with Gasteiger partial charge >= 0.3 is 0 Å². The summed E-state index contributed by atoms with van der Waals surface area (Å²) in [5, 5.41) is 6.80. The first-order valence-corrected chi connectivity index (χ1v) is 7.68. The number of anilines is 2. The summed E-state index contributed by atoms with van der Waals surface area (Å²) in [7, 11) is 0. The summed E-state index contributed by atoms with van der Waals surface area (Å²) >= 11 is 6.06. The lowest BCUT2D eigenvalue weighted by molar-refractivity contribution is 0.102. The minimum absolute atomic E-state index is 0.252. The van der Waals surface area contributed by atoms with Crippen LogP contribution in [-0.2, 0) is 0 Å². The van der Waals surface area contributed by atoms with Crippen LogP contribution in [-0.4, -0.2) is 16.9 Å². The van der Waals surface area contributed by atoms with E-state index in [2.05, 4.69) is 29.5 Å². The van der Waals surface area contributed by atoms with Gasteiger partial charge in [-0.1, -0.05) is 24.6 Å². The van der Waals surface area contributed by atoms with Gasteiger partial charge in [0, 0.05) is 28.6 Å². The zero-order valence-corrected chi connectivity index (χ0v) is 13.7. The van der Waals surface area contributed by atoms with Crippen LogP contribution in [0.4, 0.5) is 11.4 Å². The van der Waals surface area contributed by atoms with E-state index in [1.54, 1.807) is 24.4 Å². The van der Waals surface area contributed by atoms with Gasteiger partial charge in [0.1, 0.15) is 5.69 Å². The van der Waals surface area contributed by atoms with Gasteiger partial charge in [-0.3, -0.25) is 9.78 Å². The first-order valence-electron chi connectivity index (χ1n) is 7.30. The highest BCUT2D eigenvalue weighted by Crippen LogP contribution is 2.23. The van der Waals surface area contributed by atoms with Crippen LogP contribution in [0.15, 0.2) is 36.5 Å². The zero-order chi connectivity index (χ0) is 16.1. The molecule has 0 bridgehead atoms. The van der Waals surface area contributed by atoms with Crippen molar-refractivity contribution in [2.75, 3.05) is 10.6 Å². The first-order chi connectivity index (χ1) is 10.5. The lowest BCUT2D eigenvalue weighted by Crippen LogP contribution is -2.17. The second kappa shape index (κ2) is 7.27. The van der Waals surface area contributed by atoms with E-state index in [1.165, 1.54) is 0 Å². The van der Waals surface area contributed by atoms with Crippen molar-refractivity contribution in [2.45, 2.75) is 33.2 Å². The molecule has 1 amide bonds. The number of hydrogen-bond acceptors (Lipinski definition) is 3. The maximum Gasteiger partial charge on any atom is 0.274 e. The van der Waals surface area contributed by atoms with Gasteiger partial charge in [0.05, 0.1) is 0 Å². The van der Waals surface area contributed by atoms with E-state index < -0.39 is 0 Å². The number of hydrogen-bond donors (Lipinski definition) is 2. The van der Waals surface area contributed by atoms with Crippen LogP contribution in [0.5, 0.6) is 0 Å². The first kappa shape index (κ1) is 16.3. The number of nitrogens with zero attached hydrogens (tertiary/aromatic N) is 1. The summed E-state index contributed by atoms with van der Waals surface area (Å²) in [6, 6.07) is 9.37. The van der Waals surface area contributed by atoms with Crippen molar-refractivity contribution in [1.82, 2.24) is 4.98 Å². The highest BCUT2D eigenvalue weighted by atomic mass is 35.5. The Morgan fingerprint density at radius 2 is 2.14 bits per heavy atom. The minimum atomic E-state index is -0.252. The molecule has 1 heterocycles. The van der Waals surface area contributed by atoms with E-state index in [9.17, 15) is 4.79 Å². The van der Waals surface area contributed by atoms with Crippen LogP contribution in [0.25, 0.3) is 0 Å². The van der Waals surface area contributed by atoms with Crippen LogP contribution in [0.3, 0.4) is 0 Å². The number of pyridine rings is 1. The Balaban J connectivity index is 2.16. The molecule has 1 aromatic heterocycles. The van der Waals surface area contributed by atoms with Crippen molar-refractivity contribution in [3.8, 4) is 0 Å². The van der Waals surface area contributed by atoms with Crippen molar-refractivity contribution >= 4 is 28.9 Å². The van der Waals surface area contributed by atoms with Crippen LogP contribution < -0.4 is 10.6 Å². The molecule has 1 unspecified atom stereocenters. The van der Waals surface area contributed by atoms with Gasteiger partial charge in [0.25, 0.3) is 5.91 Å². The monoisotopic (exact) mass is 317 g/mol. The lowest BCUT2D eigenvalue weighted by atomic mass is 10.2. The van der Waals surface area contributed by atoms with E-state index in [0.717, 1.165) is 17.7 Å². The lowest BCUT2D eigenvalue weighted by Gasteiger charge is -2.14. The molecular formula is C17H20ClN3O. The average Bonchev–Trinajstić information content (AvgIpc) is 2.52. The van der Waals surface area contributed by atoms with Gasteiger partial charge in [-0.2, -0.15) is 0 Å². The molecule has 0 aliphatic carbocycles. The van der Waals surface area contributed by atoms with Crippen LogP contribution in [0, 0.1) is 6.92 Å². The Morgan fingerprint density at radius 3 is 2.86 bits per heavy atom. The second-order valence-corrected chi connectivity index (χ2v) is 5.66. The molecule has 2 N–H and O–H groups in total. The summed E-state index contributed by atoms with van der Waals surface area (Å²) in [6.07, 6.45) is 2.63. The summed E-state index contributed by atoms with van der Waals surface area (Å²) in [4.78, 5) is 16.5.